The lowest BCUT2D eigenvalue weighted by Crippen LogP contribution is -2.31. The van der Waals surface area contributed by atoms with Gasteiger partial charge >= 0.3 is 5.97 Å². The van der Waals surface area contributed by atoms with Gasteiger partial charge in [0.15, 0.2) is 0 Å². The molecule has 2 heterocycles. The van der Waals surface area contributed by atoms with Gasteiger partial charge in [-0.05, 0) is 80.5 Å². The number of carbonyl (C=O) groups excluding carboxylic acids is 3. The molecule has 2 amide bonds. The molecule has 1 unspecified atom stereocenters. The molecule has 2 aromatic rings. The van der Waals surface area contributed by atoms with Crippen LogP contribution in [-0.2, 0) is 38.4 Å². The van der Waals surface area contributed by atoms with Gasteiger partial charge in [0.05, 0.1) is 5.69 Å². The first-order chi connectivity index (χ1) is 17.3. The van der Waals surface area contributed by atoms with E-state index in [1.807, 2.05) is 13.1 Å². The van der Waals surface area contributed by atoms with Crippen LogP contribution >= 0.6 is 0 Å². The van der Waals surface area contributed by atoms with Crippen LogP contribution < -0.4 is 0 Å². The zero-order chi connectivity index (χ0) is 25.7. The third kappa shape index (κ3) is 6.21. The predicted octanol–water partition coefficient (Wildman–Crippen LogP) is 5.37. The van der Waals surface area contributed by atoms with Crippen molar-refractivity contribution >= 4 is 17.8 Å². The molecule has 2 atom stereocenters. The maximum atomic E-state index is 12.0. The fourth-order valence-corrected chi connectivity index (χ4v) is 5.56. The zero-order valence-electron chi connectivity index (χ0n) is 21.8. The quantitative estimate of drug-likeness (QED) is 0.283. The number of unbranched alkanes of at least 4 members (excludes halogenated alkanes) is 2. The number of benzene rings is 1. The Hall–Kier alpha value is -3.02. The van der Waals surface area contributed by atoms with Gasteiger partial charge in [-0.1, -0.05) is 37.6 Å². The number of ether oxygens (including phenoxy) is 1. The summed E-state index contributed by atoms with van der Waals surface area (Å²) in [4.78, 5) is 41.6. The van der Waals surface area contributed by atoms with Gasteiger partial charge in [0.2, 0.25) is 11.8 Å². The third-order valence-electron chi connectivity index (χ3n) is 7.56. The lowest BCUT2D eigenvalue weighted by Gasteiger charge is -2.24. The highest BCUT2D eigenvalue weighted by molar-refractivity contribution is 6.03. The molecule has 1 aromatic carbocycles. The monoisotopic (exact) mass is 490 g/mol. The lowest BCUT2D eigenvalue weighted by molar-refractivity contribution is -0.147. The number of pyridine rings is 1. The number of hydrogen-bond donors (Lipinski definition) is 0. The van der Waals surface area contributed by atoms with Gasteiger partial charge in [0.1, 0.15) is 6.10 Å². The Morgan fingerprint density at radius 3 is 2.53 bits per heavy atom. The van der Waals surface area contributed by atoms with Crippen molar-refractivity contribution < 1.29 is 19.1 Å². The molecule has 2 aliphatic rings. The average Bonchev–Trinajstić information content (AvgIpc) is 3.07. The number of fused-ring (bicyclic) bond motifs is 1. The van der Waals surface area contributed by atoms with Gasteiger partial charge in [0, 0.05) is 37.6 Å². The molecule has 1 saturated heterocycles. The van der Waals surface area contributed by atoms with Crippen LogP contribution in [0.25, 0.3) is 11.3 Å². The van der Waals surface area contributed by atoms with Gasteiger partial charge in [-0.3, -0.25) is 24.3 Å². The van der Waals surface area contributed by atoms with Crippen molar-refractivity contribution in [1.29, 1.82) is 0 Å². The summed E-state index contributed by atoms with van der Waals surface area (Å²) in [5.74, 6) is -0.390. The van der Waals surface area contributed by atoms with Crippen LogP contribution in [-0.4, -0.2) is 40.3 Å². The summed E-state index contributed by atoms with van der Waals surface area (Å²) >= 11 is 0. The third-order valence-corrected chi connectivity index (χ3v) is 7.56. The van der Waals surface area contributed by atoms with Crippen LogP contribution in [0.5, 0.6) is 0 Å². The molecule has 1 aliphatic carbocycles. The summed E-state index contributed by atoms with van der Waals surface area (Å²) in [5.41, 5.74) is 7.41. The smallest absolute Gasteiger partial charge is 0.302 e. The van der Waals surface area contributed by atoms with E-state index in [0.29, 0.717) is 13.0 Å². The molecule has 0 spiro atoms. The van der Waals surface area contributed by atoms with Crippen LogP contribution in [0, 0.1) is 12.8 Å². The predicted molar refractivity (Wildman–Crippen MR) is 139 cm³/mol. The molecule has 6 heteroatoms. The van der Waals surface area contributed by atoms with E-state index >= 15 is 0 Å². The number of imide groups is 1. The maximum Gasteiger partial charge on any atom is 0.302 e. The van der Waals surface area contributed by atoms with Crippen LogP contribution in [0.3, 0.4) is 0 Å². The number of aryl methyl sites for hydroxylation is 2. The summed E-state index contributed by atoms with van der Waals surface area (Å²) in [5, 5.41) is 0. The van der Waals surface area contributed by atoms with Crippen molar-refractivity contribution in [3.05, 3.63) is 52.7 Å². The van der Waals surface area contributed by atoms with Crippen LogP contribution in [0.4, 0.5) is 0 Å². The van der Waals surface area contributed by atoms with Crippen LogP contribution in [0.15, 0.2) is 30.5 Å². The van der Waals surface area contributed by atoms with E-state index in [9.17, 15) is 14.4 Å². The maximum absolute atomic E-state index is 12.0. The van der Waals surface area contributed by atoms with Crippen molar-refractivity contribution in [2.45, 2.75) is 91.1 Å². The molecule has 36 heavy (non-hydrogen) atoms. The number of rotatable bonds is 8. The van der Waals surface area contributed by atoms with Gasteiger partial charge < -0.3 is 4.74 Å². The molecule has 192 valence electrons. The zero-order valence-corrected chi connectivity index (χ0v) is 21.8. The second kappa shape index (κ2) is 11.8. The Labute approximate surface area is 214 Å². The molecular formula is C30H38N2O4. The molecule has 4 rings (SSSR count). The average molecular weight is 491 g/mol. The molecule has 0 N–H and O–H groups in total. The second-order valence-corrected chi connectivity index (χ2v) is 10.4. The standard InChI is InChI=1S/C30H38N2O4/c1-20-18-28(34)32(30(20)35)17-6-4-5-8-23-11-13-24(14-12-23)29-27-10-7-9-25(36-22(3)33)15-16-26(27)21(2)19-31-29/h11-14,19-20,25H,4-10,15-18H2,1-3H3/t20?,25-/m0/s1. The van der Waals surface area contributed by atoms with E-state index in [2.05, 4.69) is 31.2 Å². The molecular weight excluding hydrogens is 452 g/mol. The fraction of sp³-hybridized carbons (Fsp3) is 0.533. The Morgan fingerprint density at radius 2 is 1.83 bits per heavy atom. The van der Waals surface area contributed by atoms with E-state index < -0.39 is 0 Å². The first kappa shape index (κ1) is 26.1. The number of likely N-dealkylation sites (tertiary alicyclic amines) is 1. The van der Waals surface area contributed by atoms with Crippen molar-refractivity contribution in [2.24, 2.45) is 5.92 Å². The normalized spacial score (nSPS) is 20.1. The van der Waals surface area contributed by atoms with Gasteiger partial charge in [-0.25, -0.2) is 0 Å². The summed E-state index contributed by atoms with van der Waals surface area (Å²) in [6, 6.07) is 8.74. The number of amides is 2. The van der Waals surface area contributed by atoms with Crippen molar-refractivity contribution in [3.8, 4) is 11.3 Å². The van der Waals surface area contributed by atoms with Crippen LogP contribution in [0.1, 0.15) is 81.0 Å². The Balaban J connectivity index is 1.34. The van der Waals surface area contributed by atoms with E-state index in [4.69, 9.17) is 9.72 Å². The van der Waals surface area contributed by atoms with E-state index in [1.165, 1.54) is 34.1 Å². The molecule has 0 radical (unpaired) electrons. The Morgan fingerprint density at radius 1 is 1.06 bits per heavy atom. The van der Waals surface area contributed by atoms with Crippen LogP contribution in [0.2, 0.25) is 0 Å². The Bertz CT molecular complexity index is 1110. The summed E-state index contributed by atoms with van der Waals surface area (Å²) in [6.45, 7) is 5.99. The highest BCUT2D eigenvalue weighted by Crippen LogP contribution is 2.32. The van der Waals surface area contributed by atoms with E-state index in [0.717, 1.165) is 69.0 Å². The fourth-order valence-electron chi connectivity index (χ4n) is 5.56. The molecule has 1 aromatic heterocycles. The highest BCUT2D eigenvalue weighted by atomic mass is 16.5. The molecule has 1 aliphatic heterocycles. The van der Waals surface area contributed by atoms with Gasteiger partial charge in [-0.2, -0.15) is 0 Å². The Kier molecular flexibility index (Phi) is 8.55. The molecule has 6 nitrogen and oxygen atoms in total. The molecule has 1 fully saturated rings. The SMILES string of the molecule is CC(=O)O[C@H]1CCCc2c(-c3ccc(CCCCCN4C(=O)CC(C)C4=O)cc3)ncc(C)c2CC1. The van der Waals surface area contributed by atoms with Crippen molar-refractivity contribution in [1.82, 2.24) is 9.88 Å². The summed E-state index contributed by atoms with van der Waals surface area (Å²) in [7, 11) is 0. The van der Waals surface area contributed by atoms with E-state index in [-0.39, 0.29) is 29.8 Å². The molecule has 0 bridgehead atoms. The number of esters is 1. The number of hydrogen-bond acceptors (Lipinski definition) is 5. The summed E-state index contributed by atoms with van der Waals surface area (Å²) in [6.07, 6.45) is 10.8. The highest BCUT2D eigenvalue weighted by Gasteiger charge is 2.34. The van der Waals surface area contributed by atoms with Crippen molar-refractivity contribution in [3.63, 3.8) is 0 Å². The van der Waals surface area contributed by atoms with Gasteiger partial charge in [-0.15, -0.1) is 0 Å². The van der Waals surface area contributed by atoms with E-state index in [1.54, 1.807) is 0 Å². The largest absolute Gasteiger partial charge is 0.463 e. The topological polar surface area (TPSA) is 76.6 Å². The number of aromatic nitrogens is 1. The number of carbonyl (C=O) groups is 3. The summed E-state index contributed by atoms with van der Waals surface area (Å²) < 4.78 is 5.51. The second-order valence-electron chi connectivity index (χ2n) is 10.4. The first-order valence-corrected chi connectivity index (χ1v) is 13.4. The molecule has 0 saturated carbocycles. The minimum absolute atomic E-state index is 0.00541. The lowest BCUT2D eigenvalue weighted by atomic mass is 9.87. The van der Waals surface area contributed by atoms with Crippen molar-refractivity contribution in [2.75, 3.05) is 6.54 Å². The minimum Gasteiger partial charge on any atom is -0.463 e. The number of nitrogens with zero attached hydrogens (tertiary/aromatic N) is 2. The first-order valence-electron chi connectivity index (χ1n) is 13.4. The van der Waals surface area contributed by atoms with Gasteiger partial charge in [0.25, 0.3) is 0 Å². The minimum atomic E-state index is -0.195.